The van der Waals surface area contributed by atoms with Crippen LogP contribution in [0.5, 0.6) is 5.75 Å². The molecule has 2 heterocycles. The highest BCUT2D eigenvalue weighted by molar-refractivity contribution is 5.54. The molecule has 1 fully saturated rings. The van der Waals surface area contributed by atoms with Crippen LogP contribution in [0.1, 0.15) is 12.2 Å². The monoisotopic (exact) mass is 259 g/mol. The van der Waals surface area contributed by atoms with Gasteiger partial charge in [-0.15, -0.1) is 0 Å². The minimum absolute atomic E-state index is 0.573. The highest BCUT2D eigenvalue weighted by atomic mass is 16.5. The number of rotatable bonds is 4. The van der Waals surface area contributed by atoms with Crippen molar-refractivity contribution in [1.82, 2.24) is 15.5 Å². The van der Waals surface area contributed by atoms with E-state index in [1.54, 1.807) is 7.11 Å². The van der Waals surface area contributed by atoms with Crippen molar-refractivity contribution in [2.45, 2.75) is 12.8 Å². The first-order chi connectivity index (χ1) is 9.35. The Balaban J connectivity index is 1.72. The van der Waals surface area contributed by atoms with Crippen molar-refractivity contribution in [3.05, 3.63) is 30.1 Å². The van der Waals surface area contributed by atoms with E-state index < -0.39 is 0 Å². The first kappa shape index (κ1) is 12.2. The molecule has 1 aliphatic rings. The number of hydrogen-bond donors (Lipinski definition) is 1. The van der Waals surface area contributed by atoms with Gasteiger partial charge in [-0.1, -0.05) is 5.16 Å². The molecule has 19 heavy (non-hydrogen) atoms. The van der Waals surface area contributed by atoms with Crippen LogP contribution in [-0.2, 0) is 6.42 Å². The van der Waals surface area contributed by atoms with Gasteiger partial charge in [0.2, 0.25) is 0 Å². The normalized spacial score (nSPS) is 18.7. The summed E-state index contributed by atoms with van der Waals surface area (Å²) in [5.41, 5.74) is 0.920. The zero-order valence-corrected chi connectivity index (χ0v) is 10.9. The van der Waals surface area contributed by atoms with Gasteiger partial charge in [0, 0.05) is 12.0 Å². The Labute approximate surface area is 112 Å². The van der Waals surface area contributed by atoms with Crippen LogP contribution in [0.4, 0.5) is 0 Å². The second-order valence-corrected chi connectivity index (χ2v) is 4.81. The lowest BCUT2D eigenvalue weighted by molar-refractivity contribution is 0.412. The number of ether oxygens (including phenoxy) is 1. The Morgan fingerprint density at radius 1 is 1.37 bits per heavy atom. The minimum Gasteiger partial charge on any atom is -0.497 e. The van der Waals surface area contributed by atoms with Crippen molar-refractivity contribution in [1.29, 1.82) is 0 Å². The summed E-state index contributed by atoms with van der Waals surface area (Å²) in [6.07, 6.45) is 2.07. The van der Waals surface area contributed by atoms with Gasteiger partial charge >= 0.3 is 0 Å². The van der Waals surface area contributed by atoms with E-state index in [1.807, 2.05) is 24.3 Å². The van der Waals surface area contributed by atoms with Gasteiger partial charge in [-0.2, -0.15) is 4.98 Å². The first-order valence-corrected chi connectivity index (χ1v) is 6.53. The molecule has 0 radical (unpaired) electrons. The SMILES string of the molecule is COc1ccc(-c2nc(C[C@@H]3CCNC3)no2)cc1. The van der Waals surface area contributed by atoms with Crippen LogP contribution < -0.4 is 10.1 Å². The molecule has 1 aromatic carbocycles. The summed E-state index contributed by atoms with van der Waals surface area (Å²) in [4.78, 5) is 4.45. The van der Waals surface area contributed by atoms with Crippen molar-refractivity contribution >= 4 is 0 Å². The molecule has 1 atom stereocenters. The van der Waals surface area contributed by atoms with E-state index >= 15 is 0 Å². The predicted octanol–water partition coefficient (Wildman–Crippen LogP) is 1.90. The van der Waals surface area contributed by atoms with E-state index in [-0.39, 0.29) is 0 Å². The number of aromatic nitrogens is 2. The Morgan fingerprint density at radius 3 is 2.89 bits per heavy atom. The van der Waals surface area contributed by atoms with Crippen molar-refractivity contribution in [3.63, 3.8) is 0 Å². The maximum atomic E-state index is 5.31. The van der Waals surface area contributed by atoms with Crippen molar-refractivity contribution < 1.29 is 9.26 Å². The summed E-state index contributed by atoms with van der Waals surface area (Å²) < 4.78 is 10.4. The van der Waals surface area contributed by atoms with Crippen LogP contribution in [0.15, 0.2) is 28.8 Å². The molecule has 1 aliphatic heterocycles. The maximum Gasteiger partial charge on any atom is 0.257 e. The Kier molecular flexibility index (Phi) is 3.46. The van der Waals surface area contributed by atoms with Crippen molar-refractivity contribution in [2.24, 2.45) is 5.92 Å². The van der Waals surface area contributed by atoms with Crippen molar-refractivity contribution in [2.75, 3.05) is 20.2 Å². The number of nitrogens with zero attached hydrogens (tertiary/aromatic N) is 2. The topological polar surface area (TPSA) is 60.2 Å². The van der Waals surface area contributed by atoms with Crippen molar-refractivity contribution in [3.8, 4) is 17.2 Å². The third kappa shape index (κ3) is 2.76. The summed E-state index contributed by atoms with van der Waals surface area (Å²) in [6.45, 7) is 2.14. The van der Waals surface area contributed by atoms with Crippen LogP contribution in [0, 0.1) is 5.92 Å². The average molecular weight is 259 g/mol. The molecule has 0 saturated carbocycles. The summed E-state index contributed by atoms with van der Waals surface area (Å²) in [7, 11) is 1.65. The fourth-order valence-corrected chi connectivity index (χ4v) is 2.33. The second kappa shape index (κ2) is 5.40. The molecule has 0 bridgehead atoms. The third-order valence-corrected chi connectivity index (χ3v) is 3.44. The molecule has 3 rings (SSSR count). The molecule has 1 saturated heterocycles. The van der Waals surface area contributed by atoms with Crippen LogP contribution in [0.2, 0.25) is 0 Å². The largest absolute Gasteiger partial charge is 0.497 e. The molecule has 0 aliphatic carbocycles. The minimum atomic E-state index is 0.573. The molecule has 5 heteroatoms. The van der Waals surface area contributed by atoms with E-state index in [4.69, 9.17) is 9.26 Å². The maximum absolute atomic E-state index is 5.31. The van der Waals surface area contributed by atoms with E-state index in [9.17, 15) is 0 Å². The second-order valence-electron chi connectivity index (χ2n) is 4.81. The highest BCUT2D eigenvalue weighted by Gasteiger charge is 2.18. The molecule has 5 nitrogen and oxygen atoms in total. The van der Waals surface area contributed by atoms with Gasteiger partial charge in [-0.05, 0) is 49.7 Å². The molecule has 0 amide bonds. The Morgan fingerprint density at radius 2 is 2.21 bits per heavy atom. The molecule has 1 aromatic heterocycles. The number of methoxy groups -OCH3 is 1. The molecule has 1 N–H and O–H groups in total. The van der Waals surface area contributed by atoms with E-state index in [0.29, 0.717) is 11.8 Å². The zero-order chi connectivity index (χ0) is 13.1. The zero-order valence-electron chi connectivity index (χ0n) is 10.9. The first-order valence-electron chi connectivity index (χ1n) is 6.53. The number of nitrogens with one attached hydrogen (secondary N) is 1. The van der Waals surface area contributed by atoms with Gasteiger partial charge in [0.1, 0.15) is 5.75 Å². The van der Waals surface area contributed by atoms with Gasteiger partial charge in [-0.3, -0.25) is 0 Å². The molecule has 0 spiro atoms. The van der Waals surface area contributed by atoms with Crippen LogP contribution in [0.25, 0.3) is 11.5 Å². The van der Waals surface area contributed by atoms with Gasteiger partial charge in [0.05, 0.1) is 7.11 Å². The molecule has 2 aromatic rings. The lowest BCUT2D eigenvalue weighted by Gasteiger charge is -2.02. The Bertz CT molecular complexity index is 530. The molecule has 100 valence electrons. The highest BCUT2D eigenvalue weighted by Crippen LogP contribution is 2.21. The average Bonchev–Trinajstić information content (AvgIpc) is 3.11. The van der Waals surface area contributed by atoms with Crippen LogP contribution in [0.3, 0.4) is 0 Å². The van der Waals surface area contributed by atoms with Crippen LogP contribution >= 0.6 is 0 Å². The standard InChI is InChI=1S/C14H17N3O2/c1-18-12-4-2-11(3-5-12)14-16-13(17-19-14)8-10-6-7-15-9-10/h2-5,10,15H,6-9H2,1H3/t10-/m0/s1. The van der Waals surface area contributed by atoms with Gasteiger partial charge in [0.15, 0.2) is 5.82 Å². The number of hydrogen-bond acceptors (Lipinski definition) is 5. The van der Waals surface area contributed by atoms with Crippen LogP contribution in [-0.4, -0.2) is 30.3 Å². The quantitative estimate of drug-likeness (QED) is 0.908. The fraction of sp³-hybridized carbons (Fsp3) is 0.429. The Hall–Kier alpha value is -1.88. The summed E-state index contributed by atoms with van der Waals surface area (Å²) in [5.74, 6) is 2.81. The summed E-state index contributed by atoms with van der Waals surface area (Å²) in [5, 5.41) is 7.40. The van der Waals surface area contributed by atoms with Gasteiger partial charge in [-0.25, -0.2) is 0 Å². The van der Waals surface area contributed by atoms with Gasteiger partial charge in [0.25, 0.3) is 5.89 Å². The van der Waals surface area contributed by atoms with Gasteiger partial charge < -0.3 is 14.6 Å². The van der Waals surface area contributed by atoms with E-state index in [2.05, 4.69) is 15.5 Å². The smallest absolute Gasteiger partial charge is 0.257 e. The fourth-order valence-electron chi connectivity index (χ4n) is 2.33. The predicted molar refractivity (Wildman–Crippen MR) is 71.0 cm³/mol. The summed E-state index contributed by atoms with van der Waals surface area (Å²) >= 11 is 0. The lowest BCUT2D eigenvalue weighted by atomic mass is 10.1. The number of benzene rings is 1. The molecular weight excluding hydrogens is 242 g/mol. The molecular formula is C14H17N3O2. The summed E-state index contributed by atoms with van der Waals surface area (Å²) in [6, 6.07) is 7.63. The molecule has 0 unspecified atom stereocenters. The lowest BCUT2D eigenvalue weighted by Crippen LogP contribution is -2.11. The van der Waals surface area contributed by atoms with E-state index in [0.717, 1.165) is 36.6 Å². The third-order valence-electron chi connectivity index (χ3n) is 3.44. The van der Waals surface area contributed by atoms with E-state index in [1.165, 1.54) is 6.42 Å².